The third-order valence-electron chi connectivity index (χ3n) is 4.01. The minimum absolute atomic E-state index is 0.229. The van der Waals surface area contributed by atoms with Crippen LogP contribution in [0, 0.1) is 11.3 Å². The van der Waals surface area contributed by atoms with Gasteiger partial charge in [-0.3, -0.25) is 0 Å². The Morgan fingerprint density at radius 1 is 1.22 bits per heavy atom. The molecule has 2 nitrogen and oxygen atoms in total. The third-order valence-corrected chi connectivity index (χ3v) is 4.01. The zero-order valence-electron chi connectivity index (χ0n) is 13.5. The van der Waals surface area contributed by atoms with Crippen LogP contribution in [0.5, 0.6) is 0 Å². The van der Waals surface area contributed by atoms with Crippen molar-refractivity contribution >= 4 is 0 Å². The Balaban J connectivity index is 2.50. The highest BCUT2D eigenvalue weighted by Crippen LogP contribution is 2.27. The first-order valence-corrected chi connectivity index (χ1v) is 7.71. The van der Waals surface area contributed by atoms with Crippen LogP contribution in [-0.4, -0.2) is 36.6 Å². The van der Waals surface area contributed by atoms with Gasteiger partial charge in [-0.1, -0.05) is 27.2 Å². The van der Waals surface area contributed by atoms with Crippen molar-refractivity contribution in [3.05, 3.63) is 0 Å². The predicted octanol–water partition coefficient (Wildman–Crippen LogP) is 3.52. The maximum absolute atomic E-state index is 3.71. The smallest absolute Gasteiger partial charge is 0.00967 e. The second-order valence-electron chi connectivity index (χ2n) is 7.79. The molecule has 0 bridgehead atoms. The predicted molar refractivity (Wildman–Crippen MR) is 81.0 cm³/mol. The normalized spacial score (nSPS) is 25.3. The van der Waals surface area contributed by atoms with E-state index in [1.165, 1.54) is 38.9 Å². The summed E-state index contributed by atoms with van der Waals surface area (Å²) in [6, 6.07) is 0. The quantitative estimate of drug-likeness (QED) is 0.780. The lowest BCUT2D eigenvalue weighted by Crippen LogP contribution is -2.47. The van der Waals surface area contributed by atoms with Crippen LogP contribution in [0.3, 0.4) is 0 Å². The Morgan fingerprint density at radius 3 is 2.33 bits per heavy atom. The van der Waals surface area contributed by atoms with Crippen LogP contribution in [0.15, 0.2) is 0 Å². The lowest BCUT2D eigenvalue weighted by Gasteiger charge is -2.36. The Bertz CT molecular complexity index is 244. The fraction of sp³-hybridized carbons (Fsp3) is 1.00. The van der Waals surface area contributed by atoms with E-state index in [-0.39, 0.29) is 5.54 Å². The first kappa shape index (κ1) is 16.0. The van der Waals surface area contributed by atoms with Gasteiger partial charge in [-0.15, -0.1) is 0 Å². The minimum atomic E-state index is 0.229. The van der Waals surface area contributed by atoms with E-state index >= 15 is 0 Å². The highest BCUT2D eigenvalue weighted by atomic mass is 15.2. The van der Waals surface area contributed by atoms with E-state index in [0.717, 1.165) is 12.5 Å². The summed E-state index contributed by atoms with van der Waals surface area (Å²) in [5.74, 6) is 0.895. The molecule has 18 heavy (non-hydrogen) atoms. The van der Waals surface area contributed by atoms with Gasteiger partial charge in [0.1, 0.15) is 0 Å². The van der Waals surface area contributed by atoms with Crippen LogP contribution < -0.4 is 5.32 Å². The number of rotatable bonds is 6. The van der Waals surface area contributed by atoms with Crippen molar-refractivity contribution in [1.29, 1.82) is 0 Å². The first-order chi connectivity index (χ1) is 8.24. The van der Waals surface area contributed by atoms with Crippen molar-refractivity contribution < 1.29 is 0 Å². The topological polar surface area (TPSA) is 15.3 Å². The van der Waals surface area contributed by atoms with Crippen molar-refractivity contribution in [3.8, 4) is 0 Å². The van der Waals surface area contributed by atoms with Crippen LogP contribution in [0.2, 0.25) is 0 Å². The maximum atomic E-state index is 3.71. The van der Waals surface area contributed by atoms with E-state index in [1.54, 1.807) is 0 Å². The summed E-state index contributed by atoms with van der Waals surface area (Å²) in [7, 11) is 0. The molecule has 0 aromatic carbocycles. The fourth-order valence-electron chi connectivity index (χ4n) is 3.02. The van der Waals surface area contributed by atoms with Crippen molar-refractivity contribution in [3.63, 3.8) is 0 Å². The highest BCUT2D eigenvalue weighted by Gasteiger charge is 2.30. The van der Waals surface area contributed by atoms with Gasteiger partial charge in [0.25, 0.3) is 0 Å². The number of hydrogen-bond acceptors (Lipinski definition) is 2. The fourth-order valence-corrected chi connectivity index (χ4v) is 3.02. The molecule has 0 saturated carbocycles. The highest BCUT2D eigenvalue weighted by molar-refractivity contribution is 4.86. The average molecular weight is 254 g/mol. The summed E-state index contributed by atoms with van der Waals surface area (Å²) in [4.78, 5) is 2.67. The minimum Gasteiger partial charge on any atom is -0.311 e. The van der Waals surface area contributed by atoms with Crippen LogP contribution in [0.25, 0.3) is 0 Å². The molecule has 1 aliphatic rings. The molecule has 0 amide bonds. The average Bonchev–Trinajstić information content (AvgIpc) is 2.60. The summed E-state index contributed by atoms with van der Waals surface area (Å²) in [6.07, 6.45) is 3.99. The van der Waals surface area contributed by atoms with E-state index in [9.17, 15) is 0 Å². The van der Waals surface area contributed by atoms with Crippen molar-refractivity contribution in [2.75, 3.05) is 26.2 Å². The van der Waals surface area contributed by atoms with Gasteiger partial charge in [-0.05, 0) is 51.5 Å². The van der Waals surface area contributed by atoms with E-state index < -0.39 is 0 Å². The van der Waals surface area contributed by atoms with Crippen LogP contribution in [0.1, 0.15) is 60.8 Å². The van der Waals surface area contributed by atoms with Gasteiger partial charge < -0.3 is 10.2 Å². The summed E-state index contributed by atoms with van der Waals surface area (Å²) in [5.41, 5.74) is 0.652. The zero-order valence-corrected chi connectivity index (χ0v) is 13.5. The lowest BCUT2D eigenvalue weighted by molar-refractivity contribution is 0.158. The summed E-state index contributed by atoms with van der Waals surface area (Å²) in [5, 5.41) is 3.71. The molecule has 2 unspecified atom stereocenters. The van der Waals surface area contributed by atoms with E-state index in [1.807, 2.05) is 0 Å². The van der Waals surface area contributed by atoms with Crippen molar-refractivity contribution in [2.24, 2.45) is 11.3 Å². The SMILES string of the molecule is CCCC(C)(CNC(C)(C)C)CN1CCC(C)C1. The van der Waals surface area contributed by atoms with Gasteiger partial charge in [0.15, 0.2) is 0 Å². The second-order valence-corrected chi connectivity index (χ2v) is 7.79. The van der Waals surface area contributed by atoms with Crippen LogP contribution >= 0.6 is 0 Å². The molecular weight excluding hydrogens is 220 g/mol. The van der Waals surface area contributed by atoms with E-state index in [0.29, 0.717) is 5.41 Å². The van der Waals surface area contributed by atoms with Gasteiger partial charge in [0, 0.05) is 25.2 Å². The van der Waals surface area contributed by atoms with Gasteiger partial charge in [0.05, 0.1) is 0 Å². The number of nitrogens with one attached hydrogen (secondary N) is 1. The Kier molecular flexibility index (Phi) is 5.67. The molecule has 1 saturated heterocycles. The molecule has 2 heteroatoms. The third kappa shape index (κ3) is 5.71. The number of hydrogen-bond donors (Lipinski definition) is 1. The Hall–Kier alpha value is -0.0800. The molecule has 108 valence electrons. The lowest BCUT2D eigenvalue weighted by atomic mass is 9.84. The summed E-state index contributed by atoms with van der Waals surface area (Å²) >= 11 is 0. The molecule has 2 atom stereocenters. The summed E-state index contributed by atoms with van der Waals surface area (Å²) in [6.45, 7) is 18.9. The molecule has 0 aromatic heterocycles. The molecule has 0 aliphatic carbocycles. The molecule has 0 radical (unpaired) electrons. The number of likely N-dealkylation sites (tertiary alicyclic amines) is 1. The summed E-state index contributed by atoms with van der Waals surface area (Å²) < 4.78 is 0. The van der Waals surface area contributed by atoms with Crippen LogP contribution in [0.4, 0.5) is 0 Å². The molecule has 0 aromatic rings. The van der Waals surface area contributed by atoms with Crippen molar-refractivity contribution in [1.82, 2.24) is 10.2 Å². The number of nitrogens with zero attached hydrogens (tertiary/aromatic N) is 1. The molecule has 0 spiro atoms. The molecule has 1 fully saturated rings. The Labute approximate surface area is 115 Å². The maximum Gasteiger partial charge on any atom is 0.00967 e. The standard InChI is InChI=1S/C16H34N2/c1-7-9-16(6,12-17-15(3,4)5)13-18-10-8-14(2)11-18/h14,17H,7-13H2,1-6H3. The van der Waals surface area contributed by atoms with Crippen molar-refractivity contribution in [2.45, 2.75) is 66.3 Å². The molecule has 1 rings (SSSR count). The van der Waals surface area contributed by atoms with E-state index in [4.69, 9.17) is 0 Å². The zero-order chi connectivity index (χ0) is 13.8. The monoisotopic (exact) mass is 254 g/mol. The second kappa shape index (κ2) is 6.38. The van der Waals surface area contributed by atoms with Gasteiger partial charge in [-0.25, -0.2) is 0 Å². The largest absolute Gasteiger partial charge is 0.311 e. The molecule has 1 aliphatic heterocycles. The van der Waals surface area contributed by atoms with Crippen LogP contribution in [-0.2, 0) is 0 Å². The Morgan fingerprint density at radius 2 is 1.89 bits per heavy atom. The molecule has 1 N–H and O–H groups in total. The molecular formula is C16H34N2. The van der Waals surface area contributed by atoms with Gasteiger partial charge >= 0.3 is 0 Å². The molecule has 1 heterocycles. The first-order valence-electron chi connectivity index (χ1n) is 7.71. The van der Waals surface area contributed by atoms with Gasteiger partial charge in [0.2, 0.25) is 0 Å². The van der Waals surface area contributed by atoms with E-state index in [2.05, 4.69) is 51.8 Å². The van der Waals surface area contributed by atoms with Gasteiger partial charge in [-0.2, -0.15) is 0 Å².